The molecule has 0 aromatic carbocycles. The third-order valence-corrected chi connectivity index (χ3v) is 0.697. The average Bonchev–Trinajstić information content (AvgIpc) is 1.91. The second-order valence-corrected chi connectivity index (χ2v) is 2.08. The molecule has 0 saturated heterocycles. The Morgan fingerprint density at radius 1 is 1.30 bits per heavy atom. The molecule has 0 aliphatic carbocycles. The van der Waals surface area contributed by atoms with Gasteiger partial charge in [-0.25, -0.2) is 0 Å². The van der Waals surface area contributed by atoms with Crippen molar-refractivity contribution in [3.8, 4) is 0 Å². The minimum Gasteiger partial charge on any atom is -0.381 e. The molecule has 0 aromatic rings. The molecule has 0 radical (unpaired) electrons. The number of ether oxygens (including phenoxy) is 1. The Balaban J connectivity index is 0. The molecule has 1 nitrogen and oxygen atoms in total. The van der Waals surface area contributed by atoms with Crippen LogP contribution in [0.25, 0.3) is 0 Å². The highest BCUT2D eigenvalue weighted by Crippen LogP contribution is 1.81. The van der Waals surface area contributed by atoms with E-state index in [1.807, 2.05) is 0 Å². The number of halogens is 1. The molecule has 0 bridgehead atoms. The van der Waals surface area contributed by atoms with Crippen LogP contribution >= 0.6 is 11.6 Å². The molecule has 0 aromatic heterocycles. The molecule has 0 aliphatic rings. The molecule has 62 valence electrons. The van der Waals surface area contributed by atoms with Crippen molar-refractivity contribution in [1.29, 1.82) is 0 Å². The molecule has 2 heteroatoms. The van der Waals surface area contributed by atoms with E-state index in [0.717, 1.165) is 26.1 Å². The maximum Gasteiger partial charge on any atom is 0.0463 e. The standard InChI is InChI=1S/C6H14O.C2H3Cl/c1-3-5-7-6-4-2;1-2-3/h3-6H2,1-2H3;2H,1H2. The normalized spacial score (nSPS) is 7.90. The third kappa shape index (κ3) is 24.5. The summed E-state index contributed by atoms with van der Waals surface area (Å²) in [6, 6.07) is 0. The zero-order valence-corrected chi connectivity index (χ0v) is 7.66. The molecule has 0 rings (SSSR count). The minimum absolute atomic E-state index is 0.924. The molecule has 10 heavy (non-hydrogen) atoms. The molecule has 0 fully saturated rings. The van der Waals surface area contributed by atoms with E-state index >= 15 is 0 Å². The van der Waals surface area contributed by atoms with E-state index < -0.39 is 0 Å². The summed E-state index contributed by atoms with van der Waals surface area (Å²) in [6.07, 6.45) is 2.28. The molecule has 0 saturated carbocycles. The summed E-state index contributed by atoms with van der Waals surface area (Å²) in [5, 5.41) is 0. The van der Waals surface area contributed by atoms with Crippen LogP contribution < -0.4 is 0 Å². The zero-order chi connectivity index (χ0) is 8.24. The first-order chi connectivity index (χ1) is 4.83. The van der Waals surface area contributed by atoms with Gasteiger partial charge in [0.15, 0.2) is 0 Å². The Morgan fingerprint density at radius 3 is 1.80 bits per heavy atom. The van der Waals surface area contributed by atoms with Crippen LogP contribution in [-0.2, 0) is 4.74 Å². The van der Waals surface area contributed by atoms with Crippen LogP contribution in [0.2, 0.25) is 0 Å². The molecule has 0 unspecified atom stereocenters. The summed E-state index contributed by atoms with van der Waals surface area (Å²) in [7, 11) is 0. The first kappa shape index (κ1) is 12.6. The molecule has 0 spiro atoms. The van der Waals surface area contributed by atoms with Crippen molar-refractivity contribution in [1.82, 2.24) is 0 Å². The smallest absolute Gasteiger partial charge is 0.0463 e. The summed E-state index contributed by atoms with van der Waals surface area (Å²) in [5.74, 6) is 0. The van der Waals surface area contributed by atoms with Gasteiger partial charge >= 0.3 is 0 Å². The fraction of sp³-hybridized carbons (Fsp3) is 0.750. The van der Waals surface area contributed by atoms with E-state index in [4.69, 9.17) is 16.3 Å². The van der Waals surface area contributed by atoms with Gasteiger partial charge < -0.3 is 4.74 Å². The van der Waals surface area contributed by atoms with Gasteiger partial charge in [0, 0.05) is 13.2 Å². The lowest BCUT2D eigenvalue weighted by Crippen LogP contribution is -1.92. The Hall–Kier alpha value is -0.0100. The maximum absolute atomic E-state index is 5.13. The van der Waals surface area contributed by atoms with Gasteiger partial charge in [-0.2, -0.15) is 0 Å². The number of rotatable bonds is 4. The van der Waals surface area contributed by atoms with E-state index in [2.05, 4.69) is 20.4 Å². The first-order valence-corrected chi connectivity index (χ1v) is 4.05. The van der Waals surface area contributed by atoms with Crippen LogP contribution in [0.5, 0.6) is 0 Å². The Labute approximate surface area is 69.0 Å². The van der Waals surface area contributed by atoms with Crippen LogP contribution in [0.3, 0.4) is 0 Å². The molecular weight excluding hydrogens is 148 g/mol. The fourth-order valence-electron chi connectivity index (χ4n) is 0.391. The van der Waals surface area contributed by atoms with Crippen LogP contribution in [-0.4, -0.2) is 13.2 Å². The van der Waals surface area contributed by atoms with Crippen LogP contribution in [0.4, 0.5) is 0 Å². The van der Waals surface area contributed by atoms with Crippen molar-refractivity contribution in [3.05, 3.63) is 12.1 Å². The van der Waals surface area contributed by atoms with E-state index in [-0.39, 0.29) is 0 Å². The number of hydrogen-bond acceptors (Lipinski definition) is 1. The summed E-state index contributed by atoms with van der Waals surface area (Å²) in [6.45, 7) is 9.22. The second-order valence-electron chi connectivity index (χ2n) is 1.77. The predicted molar refractivity (Wildman–Crippen MR) is 47.5 cm³/mol. The largest absolute Gasteiger partial charge is 0.381 e. The summed E-state index contributed by atoms with van der Waals surface area (Å²) in [4.78, 5) is 0. The second kappa shape index (κ2) is 16.0. The molecular formula is C8H17ClO. The lowest BCUT2D eigenvalue weighted by molar-refractivity contribution is 0.135. The van der Waals surface area contributed by atoms with Crippen LogP contribution in [0.1, 0.15) is 26.7 Å². The highest BCUT2D eigenvalue weighted by Gasteiger charge is 1.77. The van der Waals surface area contributed by atoms with Crippen molar-refractivity contribution in [2.75, 3.05) is 13.2 Å². The Morgan fingerprint density at radius 2 is 1.60 bits per heavy atom. The minimum atomic E-state index is 0.924. The van der Waals surface area contributed by atoms with E-state index in [9.17, 15) is 0 Å². The monoisotopic (exact) mass is 164 g/mol. The highest BCUT2D eigenvalue weighted by atomic mass is 35.5. The van der Waals surface area contributed by atoms with Gasteiger partial charge in [-0.15, -0.1) is 0 Å². The van der Waals surface area contributed by atoms with Crippen molar-refractivity contribution >= 4 is 11.6 Å². The fourth-order valence-corrected chi connectivity index (χ4v) is 0.391. The van der Waals surface area contributed by atoms with Crippen molar-refractivity contribution < 1.29 is 4.74 Å². The van der Waals surface area contributed by atoms with Crippen molar-refractivity contribution in [2.45, 2.75) is 26.7 Å². The van der Waals surface area contributed by atoms with Gasteiger partial charge in [0.05, 0.1) is 0 Å². The highest BCUT2D eigenvalue weighted by molar-refractivity contribution is 6.25. The molecule has 0 amide bonds. The quantitative estimate of drug-likeness (QED) is 0.580. The Bertz CT molecular complexity index is 51.2. The molecule has 0 atom stereocenters. The van der Waals surface area contributed by atoms with Crippen LogP contribution in [0, 0.1) is 0 Å². The van der Waals surface area contributed by atoms with Gasteiger partial charge in [-0.3, -0.25) is 0 Å². The summed E-state index contributed by atoms with van der Waals surface area (Å²) < 4.78 is 5.13. The first-order valence-electron chi connectivity index (χ1n) is 3.62. The lowest BCUT2D eigenvalue weighted by Gasteiger charge is -1.95. The summed E-state index contributed by atoms with van der Waals surface area (Å²) >= 11 is 4.76. The SMILES string of the molecule is C=CCl.CCCOCCC. The van der Waals surface area contributed by atoms with Gasteiger partial charge in [-0.05, 0) is 18.4 Å². The molecule has 0 N–H and O–H groups in total. The van der Waals surface area contributed by atoms with E-state index in [1.165, 1.54) is 5.54 Å². The summed E-state index contributed by atoms with van der Waals surface area (Å²) in [5.41, 5.74) is 1.22. The van der Waals surface area contributed by atoms with Gasteiger partial charge in [0.1, 0.15) is 0 Å². The third-order valence-electron chi connectivity index (χ3n) is 0.697. The van der Waals surface area contributed by atoms with Crippen molar-refractivity contribution in [3.63, 3.8) is 0 Å². The zero-order valence-electron chi connectivity index (χ0n) is 6.90. The van der Waals surface area contributed by atoms with E-state index in [1.54, 1.807) is 0 Å². The number of hydrogen-bond donors (Lipinski definition) is 0. The van der Waals surface area contributed by atoms with E-state index in [0.29, 0.717) is 0 Å². The maximum atomic E-state index is 5.13. The van der Waals surface area contributed by atoms with Gasteiger partial charge in [-0.1, -0.05) is 32.0 Å². The van der Waals surface area contributed by atoms with Gasteiger partial charge in [0.2, 0.25) is 0 Å². The van der Waals surface area contributed by atoms with Crippen LogP contribution in [0.15, 0.2) is 12.1 Å². The Kier molecular flexibility index (Phi) is 20.2. The predicted octanol–water partition coefficient (Wildman–Crippen LogP) is 3.19. The lowest BCUT2D eigenvalue weighted by atomic mass is 10.5. The molecule has 0 aliphatic heterocycles. The van der Waals surface area contributed by atoms with Gasteiger partial charge in [0.25, 0.3) is 0 Å². The topological polar surface area (TPSA) is 9.23 Å². The molecule has 0 heterocycles. The average molecular weight is 165 g/mol. The van der Waals surface area contributed by atoms with Crippen molar-refractivity contribution in [2.24, 2.45) is 0 Å².